The Labute approximate surface area is 173 Å². The molecule has 0 fully saturated rings. The maximum atomic E-state index is 12.2. The number of rotatable bonds is 7. The third-order valence-corrected chi connectivity index (χ3v) is 5.97. The van der Waals surface area contributed by atoms with Gasteiger partial charge in [-0.1, -0.05) is 32.0 Å². The number of benzene rings is 2. The number of carbonyl (C=O) groups is 2. The molecule has 0 bridgehead atoms. The van der Waals surface area contributed by atoms with Crippen molar-refractivity contribution >= 4 is 46.3 Å². The molecule has 2 amide bonds. The van der Waals surface area contributed by atoms with E-state index in [4.69, 9.17) is 0 Å². The minimum Gasteiger partial charge on any atom is -0.325 e. The van der Waals surface area contributed by atoms with Gasteiger partial charge < -0.3 is 10.6 Å². The Morgan fingerprint density at radius 2 is 1.57 bits per heavy atom. The number of amides is 2. The van der Waals surface area contributed by atoms with Gasteiger partial charge in [0.1, 0.15) is 0 Å². The Balaban J connectivity index is 1.47. The van der Waals surface area contributed by atoms with Gasteiger partial charge in [0.25, 0.3) is 5.91 Å². The first-order valence-corrected chi connectivity index (χ1v) is 10.9. The summed E-state index contributed by atoms with van der Waals surface area (Å²) in [5.74, 6) is 0.640. The predicted molar refractivity (Wildman–Crippen MR) is 119 cm³/mol. The second-order valence-corrected chi connectivity index (χ2v) is 8.57. The summed E-state index contributed by atoms with van der Waals surface area (Å²) >= 11 is 2.87. The summed E-state index contributed by atoms with van der Waals surface area (Å²) in [6.07, 6.45) is 0. The van der Waals surface area contributed by atoms with E-state index in [1.165, 1.54) is 28.7 Å². The lowest BCUT2D eigenvalue weighted by Gasteiger charge is -2.09. The summed E-state index contributed by atoms with van der Waals surface area (Å²) in [5.41, 5.74) is 2.79. The molecule has 4 nitrogen and oxygen atoms in total. The Morgan fingerprint density at radius 3 is 2.18 bits per heavy atom. The van der Waals surface area contributed by atoms with Gasteiger partial charge in [0.05, 0.1) is 10.6 Å². The van der Waals surface area contributed by atoms with Gasteiger partial charge in [-0.25, -0.2) is 0 Å². The van der Waals surface area contributed by atoms with E-state index in [2.05, 4.69) is 24.5 Å². The summed E-state index contributed by atoms with van der Waals surface area (Å²) < 4.78 is 0. The van der Waals surface area contributed by atoms with Crippen molar-refractivity contribution in [3.63, 3.8) is 0 Å². The summed E-state index contributed by atoms with van der Waals surface area (Å²) in [4.78, 5) is 25.9. The van der Waals surface area contributed by atoms with Gasteiger partial charge in [0.2, 0.25) is 5.91 Å². The molecule has 0 unspecified atom stereocenters. The molecule has 0 saturated carbocycles. The van der Waals surface area contributed by atoms with Crippen LogP contribution in [0.15, 0.2) is 70.9 Å². The number of hydrogen-bond donors (Lipinski definition) is 2. The molecular formula is C22H22N2O2S2. The molecule has 0 aliphatic carbocycles. The summed E-state index contributed by atoms with van der Waals surface area (Å²) in [5, 5.41) is 7.65. The Morgan fingerprint density at radius 1 is 0.929 bits per heavy atom. The monoisotopic (exact) mass is 410 g/mol. The molecule has 2 N–H and O–H groups in total. The Hall–Kier alpha value is -2.57. The van der Waals surface area contributed by atoms with E-state index in [1.807, 2.05) is 60.0 Å². The van der Waals surface area contributed by atoms with Crippen LogP contribution >= 0.6 is 23.1 Å². The Kier molecular flexibility index (Phi) is 6.90. The molecular weight excluding hydrogens is 388 g/mol. The average Bonchev–Trinajstić information content (AvgIpc) is 3.23. The van der Waals surface area contributed by atoms with E-state index in [0.29, 0.717) is 16.5 Å². The Bertz CT molecular complexity index is 918. The van der Waals surface area contributed by atoms with Gasteiger partial charge in [0, 0.05) is 16.3 Å². The molecule has 2 aromatic carbocycles. The number of thioether (sulfide) groups is 1. The zero-order chi connectivity index (χ0) is 19.9. The fourth-order valence-electron chi connectivity index (χ4n) is 2.53. The minimum absolute atomic E-state index is 0.0441. The van der Waals surface area contributed by atoms with Crippen LogP contribution in [-0.2, 0) is 4.79 Å². The van der Waals surface area contributed by atoms with Crippen LogP contribution in [0.1, 0.15) is 35.0 Å². The van der Waals surface area contributed by atoms with Gasteiger partial charge in [0.15, 0.2) is 0 Å². The molecule has 3 rings (SSSR count). The van der Waals surface area contributed by atoms with E-state index in [1.54, 1.807) is 6.07 Å². The molecule has 6 heteroatoms. The number of nitrogens with one attached hydrogen (secondary N) is 2. The maximum Gasteiger partial charge on any atom is 0.265 e. The number of hydrogen-bond acceptors (Lipinski definition) is 4. The van der Waals surface area contributed by atoms with Crippen molar-refractivity contribution in [3.8, 4) is 0 Å². The van der Waals surface area contributed by atoms with Gasteiger partial charge in [-0.2, -0.15) is 0 Å². The molecule has 0 radical (unpaired) electrons. The molecule has 28 heavy (non-hydrogen) atoms. The molecule has 3 aromatic rings. The third-order valence-electron chi connectivity index (χ3n) is 4.09. The topological polar surface area (TPSA) is 58.2 Å². The van der Waals surface area contributed by atoms with E-state index >= 15 is 0 Å². The summed E-state index contributed by atoms with van der Waals surface area (Å²) in [6.45, 7) is 4.28. The number of thiophene rings is 1. The van der Waals surface area contributed by atoms with Crippen molar-refractivity contribution in [2.24, 2.45) is 0 Å². The van der Waals surface area contributed by atoms with E-state index in [0.717, 1.165) is 16.3 Å². The second-order valence-electron chi connectivity index (χ2n) is 6.57. The van der Waals surface area contributed by atoms with Crippen molar-refractivity contribution < 1.29 is 9.59 Å². The molecule has 144 valence electrons. The molecule has 0 spiro atoms. The number of anilines is 2. The van der Waals surface area contributed by atoms with Crippen molar-refractivity contribution in [2.45, 2.75) is 24.7 Å². The summed E-state index contributed by atoms with van der Waals surface area (Å²) in [6, 6.07) is 19.1. The van der Waals surface area contributed by atoms with Crippen molar-refractivity contribution in [1.82, 2.24) is 0 Å². The fraction of sp³-hybridized carbons (Fsp3) is 0.182. The van der Waals surface area contributed by atoms with Crippen LogP contribution < -0.4 is 10.6 Å². The highest BCUT2D eigenvalue weighted by Gasteiger charge is 2.08. The van der Waals surface area contributed by atoms with Crippen LogP contribution in [0, 0.1) is 0 Å². The predicted octanol–water partition coefficient (Wildman–Crippen LogP) is 5.85. The highest BCUT2D eigenvalue weighted by atomic mass is 32.2. The largest absolute Gasteiger partial charge is 0.325 e. The lowest BCUT2D eigenvalue weighted by atomic mass is 10.0. The zero-order valence-corrected chi connectivity index (χ0v) is 17.4. The van der Waals surface area contributed by atoms with Crippen molar-refractivity contribution in [2.75, 3.05) is 16.4 Å². The smallest absolute Gasteiger partial charge is 0.265 e. The van der Waals surface area contributed by atoms with Crippen LogP contribution in [0.25, 0.3) is 0 Å². The van der Waals surface area contributed by atoms with Crippen molar-refractivity contribution in [1.29, 1.82) is 0 Å². The first-order valence-electron chi connectivity index (χ1n) is 8.99. The highest BCUT2D eigenvalue weighted by Crippen LogP contribution is 2.22. The van der Waals surface area contributed by atoms with Crippen molar-refractivity contribution in [3.05, 3.63) is 76.5 Å². The molecule has 1 heterocycles. The lowest BCUT2D eigenvalue weighted by molar-refractivity contribution is -0.113. The standard InChI is InChI=1S/C22H22N2O2S2/c1-15(2)16-5-7-17(8-6-16)23-21(25)14-28-19-11-9-18(10-12-19)24-22(26)20-4-3-13-27-20/h3-13,15H,14H2,1-2H3,(H,23,25)(H,24,26). The zero-order valence-electron chi connectivity index (χ0n) is 15.8. The first kappa shape index (κ1) is 20.2. The fourth-order valence-corrected chi connectivity index (χ4v) is 3.85. The first-order chi connectivity index (χ1) is 13.5. The van der Waals surface area contributed by atoms with Crippen LogP contribution in [0.4, 0.5) is 11.4 Å². The van der Waals surface area contributed by atoms with Gasteiger partial charge in [-0.05, 0) is 59.3 Å². The van der Waals surface area contributed by atoms with Crippen LogP contribution in [0.5, 0.6) is 0 Å². The van der Waals surface area contributed by atoms with Crippen LogP contribution in [0.2, 0.25) is 0 Å². The van der Waals surface area contributed by atoms with E-state index in [9.17, 15) is 9.59 Å². The van der Waals surface area contributed by atoms with Gasteiger partial charge >= 0.3 is 0 Å². The van der Waals surface area contributed by atoms with E-state index < -0.39 is 0 Å². The molecule has 1 aromatic heterocycles. The van der Waals surface area contributed by atoms with E-state index in [-0.39, 0.29) is 11.8 Å². The normalized spacial score (nSPS) is 10.7. The maximum absolute atomic E-state index is 12.2. The summed E-state index contributed by atoms with van der Waals surface area (Å²) in [7, 11) is 0. The molecule has 0 aliphatic heterocycles. The molecule has 0 atom stereocenters. The lowest BCUT2D eigenvalue weighted by Crippen LogP contribution is -2.14. The highest BCUT2D eigenvalue weighted by molar-refractivity contribution is 8.00. The second kappa shape index (κ2) is 9.57. The SMILES string of the molecule is CC(C)c1ccc(NC(=O)CSc2ccc(NC(=O)c3cccs3)cc2)cc1. The molecule has 0 aliphatic rings. The quantitative estimate of drug-likeness (QED) is 0.480. The van der Waals surface area contributed by atoms with Gasteiger partial charge in [-0.3, -0.25) is 9.59 Å². The van der Waals surface area contributed by atoms with Gasteiger partial charge in [-0.15, -0.1) is 23.1 Å². The molecule has 0 saturated heterocycles. The number of carbonyl (C=O) groups excluding carboxylic acids is 2. The van der Waals surface area contributed by atoms with Crippen LogP contribution in [0.3, 0.4) is 0 Å². The average molecular weight is 411 g/mol. The third kappa shape index (κ3) is 5.71. The van der Waals surface area contributed by atoms with Crippen LogP contribution in [-0.4, -0.2) is 17.6 Å². The minimum atomic E-state index is -0.113.